The summed E-state index contributed by atoms with van der Waals surface area (Å²) in [5.74, 6) is 4.53. The van der Waals surface area contributed by atoms with Gasteiger partial charge in [0.25, 0.3) is 0 Å². The number of benzene rings is 1. The van der Waals surface area contributed by atoms with Gasteiger partial charge in [-0.1, -0.05) is 11.6 Å². The average Bonchev–Trinajstić information content (AvgIpc) is 2.15. The van der Waals surface area contributed by atoms with Gasteiger partial charge in [0.1, 0.15) is 5.82 Å². The summed E-state index contributed by atoms with van der Waals surface area (Å²) in [6.07, 6.45) is 0.440. The van der Waals surface area contributed by atoms with Crippen LogP contribution in [0.5, 0.6) is 0 Å². The van der Waals surface area contributed by atoms with Crippen molar-refractivity contribution in [3.05, 3.63) is 33.6 Å². The van der Waals surface area contributed by atoms with Crippen molar-refractivity contribution < 1.29 is 9.23 Å². The number of hydrogen-bond acceptors (Lipinski definition) is 2. The van der Waals surface area contributed by atoms with Gasteiger partial charge in [-0.25, -0.2) is 10.3 Å². The molecule has 1 rings (SSSR count). The number of hydrogen-bond donors (Lipinski definition) is 1. The molecule has 0 aliphatic carbocycles. The van der Waals surface area contributed by atoms with Crippen LogP contribution in [0.3, 0.4) is 0 Å². The minimum Gasteiger partial charge on any atom is -0.304 e. The fourth-order valence-corrected chi connectivity index (χ4v) is 1.64. The molecule has 1 aromatic rings. The highest BCUT2D eigenvalue weighted by Gasteiger charge is 2.12. The molecule has 1 aromatic carbocycles. The molecule has 2 nitrogen and oxygen atoms in total. The van der Waals surface area contributed by atoms with Gasteiger partial charge in [0.15, 0.2) is 0 Å². The lowest BCUT2D eigenvalue weighted by molar-refractivity contribution is 0.140. The summed E-state index contributed by atoms with van der Waals surface area (Å²) in [4.78, 5) is 4.43. The quantitative estimate of drug-likeness (QED) is 0.790. The van der Waals surface area contributed by atoms with E-state index in [4.69, 9.17) is 17.5 Å². The molecule has 0 saturated heterocycles. The Labute approximate surface area is 87.8 Å². The Morgan fingerprint density at radius 2 is 2.14 bits per heavy atom. The minimum absolute atomic E-state index is 0.153. The van der Waals surface area contributed by atoms with Gasteiger partial charge >= 0.3 is 0 Å². The van der Waals surface area contributed by atoms with E-state index in [1.807, 2.05) is 13.8 Å². The molecule has 0 aliphatic rings. The topological polar surface area (TPSA) is 35.2 Å². The lowest BCUT2D eigenvalue weighted by Gasteiger charge is -2.10. The minimum atomic E-state index is -0.369. The molecule has 0 saturated carbocycles. The van der Waals surface area contributed by atoms with E-state index in [-0.39, 0.29) is 17.4 Å². The van der Waals surface area contributed by atoms with Crippen molar-refractivity contribution in [3.8, 4) is 0 Å². The number of aryl methyl sites for hydroxylation is 1. The first-order chi connectivity index (χ1) is 6.57. The molecular formula is C10H13ClFNO. The molecule has 0 amide bonds. The summed E-state index contributed by atoms with van der Waals surface area (Å²) >= 11 is 5.72. The Kier molecular flexibility index (Phi) is 3.86. The van der Waals surface area contributed by atoms with Gasteiger partial charge in [-0.2, -0.15) is 0 Å². The predicted molar refractivity (Wildman–Crippen MR) is 54.7 cm³/mol. The van der Waals surface area contributed by atoms with Crippen LogP contribution in [0, 0.1) is 19.7 Å². The van der Waals surface area contributed by atoms with Crippen LogP contribution in [0.15, 0.2) is 6.07 Å². The van der Waals surface area contributed by atoms with E-state index < -0.39 is 0 Å². The zero-order chi connectivity index (χ0) is 10.7. The zero-order valence-corrected chi connectivity index (χ0v) is 8.99. The zero-order valence-electron chi connectivity index (χ0n) is 8.23. The summed E-state index contributed by atoms with van der Waals surface area (Å²) in [6, 6.07) is 1.62. The predicted octanol–water partition coefficient (Wildman–Crippen LogP) is 2.53. The maximum atomic E-state index is 13.5. The second-order valence-corrected chi connectivity index (χ2v) is 3.62. The summed E-state index contributed by atoms with van der Waals surface area (Å²) in [5.41, 5.74) is 2.47. The van der Waals surface area contributed by atoms with Crippen LogP contribution >= 0.6 is 11.6 Å². The third kappa shape index (κ3) is 2.23. The highest BCUT2D eigenvalue weighted by molar-refractivity contribution is 6.30. The molecule has 0 aliphatic heterocycles. The molecular weight excluding hydrogens is 205 g/mol. The molecule has 0 atom stereocenters. The summed E-state index contributed by atoms with van der Waals surface area (Å²) in [5, 5.41) is 0.153. The summed E-state index contributed by atoms with van der Waals surface area (Å²) < 4.78 is 13.5. The van der Waals surface area contributed by atoms with Crippen molar-refractivity contribution in [2.45, 2.75) is 20.3 Å². The van der Waals surface area contributed by atoms with Crippen LogP contribution in [0.25, 0.3) is 0 Å². The van der Waals surface area contributed by atoms with Crippen molar-refractivity contribution in [1.82, 2.24) is 0 Å². The van der Waals surface area contributed by atoms with Gasteiger partial charge < -0.3 is 4.84 Å². The molecule has 0 fully saturated rings. The Bertz CT molecular complexity index is 315. The SMILES string of the molecule is Cc1cc(Cl)c(F)c(CCON)c1C. The summed E-state index contributed by atoms with van der Waals surface area (Å²) in [6.45, 7) is 4.05. The van der Waals surface area contributed by atoms with Crippen molar-refractivity contribution in [2.24, 2.45) is 5.90 Å². The molecule has 0 heterocycles. The smallest absolute Gasteiger partial charge is 0.145 e. The van der Waals surface area contributed by atoms with E-state index in [2.05, 4.69) is 4.84 Å². The van der Waals surface area contributed by atoms with Gasteiger partial charge in [0.2, 0.25) is 0 Å². The van der Waals surface area contributed by atoms with Gasteiger partial charge in [-0.15, -0.1) is 0 Å². The molecule has 0 unspecified atom stereocenters. The first-order valence-electron chi connectivity index (χ1n) is 4.33. The normalized spacial score (nSPS) is 10.6. The highest BCUT2D eigenvalue weighted by Crippen LogP contribution is 2.25. The van der Waals surface area contributed by atoms with Gasteiger partial charge in [-0.05, 0) is 36.6 Å². The Morgan fingerprint density at radius 3 is 2.71 bits per heavy atom. The maximum Gasteiger partial charge on any atom is 0.145 e. The molecule has 2 N–H and O–H groups in total. The van der Waals surface area contributed by atoms with Gasteiger partial charge in [0, 0.05) is 6.42 Å². The van der Waals surface area contributed by atoms with E-state index in [9.17, 15) is 4.39 Å². The van der Waals surface area contributed by atoms with Crippen LogP contribution < -0.4 is 5.90 Å². The van der Waals surface area contributed by atoms with Crippen LogP contribution in [0.1, 0.15) is 16.7 Å². The summed E-state index contributed by atoms with van der Waals surface area (Å²) in [7, 11) is 0. The molecule has 0 spiro atoms. The molecule has 14 heavy (non-hydrogen) atoms. The van der Waals surface area contributed by atoms with Crippen molar-refractivity contribution >= 4 is 11.6 Å². The van der Waals surface area contributed by atoms with Gasteiger partial charge in [0.05, 0.1) is 11.6 Å². The Balaban J connectivity index is 3.11. The van der Waals surface area contributed by atoms with Crippen LogP contribution in [0.2, 0.25) is 5.02 Å². The lowest BCUT2D eigenvalue weighted by atomic mass is 10.0. The first-order valence-corrected chi connectivity index (χ1v) is 4.71. The molecule has 78 valence electrons. The van der Waals surface area contributed by atoms with E-state index in [0.29, 0.717) is 12.0 Å². The molecule has 4 heteroatoms. The fourth-order valence-electron chi connectivity index (χ4n) is 1.37. The standard InChI is InChI=1S/C10H13ClFNO/c1-6-5-9(11)10(12)8(7(6)2)3-4-14-13/h5H,3-4,13H2,1-2H3. The molecule has 0 radical (unpaired) electrons. The fraction of sp³-hybridized carbons (Fsp3) is 0.400. The highest BCUT2D eigenvalue weighted by atomic mass is 35.5. The van der Waals surface area contributed by atoms with Crippen molar-refractivity contribution in [3.63, 3.8) is 0 Å². The van der Waals surface area contributed by atoms with E-state index in [1.165, 1.54) is 0 Å². The second kappa shape index (κ2) is 4.73. The number of halogens is 2. The largest absolute Gasteiger partial charge is 0.304 e. The first kappa shape index (κ1) is 11.4. The van der Waals surface area contributed by atoms with Crippen LogP contribution in [0.4, 0.5) is 4.39 Å². The monoisotopic (exact) mass is 217 g/mol. The molecule has 0 bridgehead atoms. The third-order valence-electron chi connectivity index (χ3n) is 2.33. The van der Waals surface area contributed by atoms with Gasteiger partial charge in [-0.3, -0.25) is 0 Å². The molecule has 0 aromatic heterocycles. The maximum absolute atomic E-state index is 13.5. The average molecular weight is 218 g/mol. The number of nitrogens with two attached hydrogens (primary N) is 1. The van der Waals surface area contributed by atoms with Crippen molar-refractivity contribution in [1.29, 1.82) is 0 Å². The van der Waals surface area contributed by atoms with E-state index in [1.54, 1.807) is 6.07 Å². The van der Waals surface area contributed by atoms with E-state index in [0.717, 1.165) is 11.1 Å². The number of rotatable bonds is 3. The lowest BCUT2D eigenvalue weighted by Crippen LogP contribution is -2.07. The van der Waals surface area contributed by atoms with Crippen LogP contribution in [-0.4, -0.2) is 6.61 Å². The second-order valence-electron chi connectivity index (χ2n) is 3.21. The van der Waals surface area contributed by atoms with E-state index >= 15 is 0 Å². The Hall–Kier alpha value is -0.640. The van der Waals surface area contributed by atoms with Crippen LogP contribution in [-0.2, 0) is 11.3 Å². The Morgan fingerprint density at radius 1 is 1.50 bits per heavy atom. The third-order valence-corrected chi connectivity index (χ3v) is 2.61. The van der Waals surface area contributed by atoms with Crippen molar-refractivity contribution in [2.75, 3.05) is 6.61 Å².